The van der Waals surface area contributed by atoms with E-state index in [1.807, 2.05) is 0 Å². The lowest BCUT2D eigenvalue weighted by atomic mass is 10.1. The number of fused-ring (bicyclic) bond motifs is 1. The first kappa shape index (κ1) is 19.2. The number of phenolic OH excluding ortho intramolecular Hbond substituents is 1. The maximum Gasteiger partial charge on any atom is 0.317 e. The standard InChI is InChI=1S/C18H13BrClNO6/c19-11-4-8(6-21-7-14(23)24)3-10-15(25)16(26)17(27-18(10)11)9-1-2-13(22)12(20)5-9/h1-5,21-22,26H,6-7H2,(H,23,24). The van der Waals surface area contributed by atoms with Crippen molar-refractivity contribution in [1.82, 2.24) is 5.32 Å². The number of nitrogens with one attached hydrogen (secondary N) is 1. The highest BCUT2D eigenvalue weighted by Gasteiger charge is 2.18. The van der Waals surface area contributed by atoms with E-state index in [2.05, 4.69) is 21.2 Å². The smallest absolute Gasteiger partial charge is 0.317 e. The van der Waals surface area contributed by atoms with E-state index in [-0.39, 0.29) is 40.6 Å². The maximum atomic E-state index is 12.6. The normalized spacial score (nSPS) is 11.0. The minimum atomic E-state index is -0.996. The molecule has 9 heteroatoms. The largest absolute Gasteiger partial charge is 0.506 e. The Balaban J connectivity index is 2.11. The summed E-state index contributed by atoms with van der Waals surface area (Å²) >= 11 is 9.22. The van der Waals surface area contributed by atoms with E-state index in [1.165, 1.54) is 24.3 Å². The van der Waals surface area contributed by atoms with Gasteiger partial charge < -0.3 is 25.1 Å². The van der Waals surface area contributed by atoms with Crippen molar-refractivity contribution >= 4 is 44.5 Å². The average Bonchev–Trinajstić information content (AvgIpc) is 2.61. The molecule has 0 aliphatic heterocycles. The summed E-state index contributed by atoms with van der Waals surface area (Å²) in [5.74, 6) is -1.80. The fourth-order valence-electron chi connectivity index (χ4n) is 2.56. The van der Waals surface area contributed by atoms with Crippen LogP contribution in [0.1, 0.15) is 5.56 Å². The summed E-state index contributed by atoms with van der Waals surface area (Å²) in [6, 6.07) is 7.37. The maximum absolute atomic E-state index is 12.6. The molecule has 0 fully saturated rings. The number of hydrogen-bond acceptors (Lipinski definition) is 6. The van der Waals surface area contributed by atoms with Gasteiger partial charge in [-0.15, -0.1) is 0 Å². The van der Waals surface area contributed by atoms with Gasteiger partial charge in [0, 0.05) is 12.1 Å². The van der Waals surface area contributed by atoms with E-state index in [1.54, 1.807) is 6.07 Å². The van der Waals surface area contributed by atoms with Crippen LogP contribution in [0.2, 0.25) is 5.02 Å². The van der Waals surface area contributed by atoms with Gasteiger partial charge in [-0.25, -0.2) is 0 Å². The fourth-order valence-corrected chi connectivity index (χ4v) is 3.33. The third-order valence-electron chi connectivity index (χ3n) is 3.80. The summed E-state index contributed by atoms with van der Waals surface area (Å²) < 4.78 is 6.20. The molecule has 4 N–H and O–H groups in total. The second-order valence-corrected chi connectivity index (χ2v) is 6.99. The van der Waals surface area contributed by atoms with Crippen LogP contribution in [0.5, 0.6) is 11.5 Å². The number of phenols is 1. The molecule has 0 saturated heterocycles. The van der Waals surface area contributed by atoms with Gasteiger partial charge in [-0.05, 0) is 51.8 Å². The molecule has 1 aromatic heterocycles. The van der Waals surface area contributed by atoms with Gasteiger partial charge in [0.25, 0.3) is 0 Å². The molecule has 2 aromatic carbocycles. The van der Waals surface area contributed by atoms with E-state index in [0.717, 1.165) is 0 Å². The highest BCUT2D eigenvalue weighted by atomic mass is 79.9. The van der Waals surface area contributed by atoms with Crippen molar-refractivity contribution in [1.29, 1.82) is 0 Å². The molecule has 0 atom stereocenters. The summed E-state index contributed by atoms with van der Waals surface area (Å²) in [7, 11) is 0. The van der Waals surface area contributed by atoms with Crippen LogP contribution in [0.4, 0.5) is 0 Å². The Morgan fingerprint density at radius 2 is 1.96 bits per heavy atom. The molecule has 1 heterocycles. The Bertz CT molecular complexity index is 1110. The zero-order valence-corrected chi connectivity index (χ0v) is 16.0. The zero-order chi connectivity index (χ0) is 19.7. The number of benzene rings is 2. The number of carbonyl (C=O) groups is 1. The second-order valence-electron chi connectivity index (χ2n) is 5.73. The van der Waals surface area contributed by atoms with E-state index in [0.29, 0.717) is 15.6 Å². The van der Waals surface area contributed by atoms with Crippen LogP contribution in [0.15, 0.2) is 44.0 Å². The van der Waals surface area contributed by atoms with Gasteiger partial charge in [0.15, 0.2) is 11.3 Å². The molecule has 0 aliphatic carbocycles. The molecule has 0 bridgehead atoms. The number of carboxylic acids is 1. The van der Waals surface area contributed by atoms with E-state index >= 15 is 0 Å². The predicted octanol–water partition coefficient (Wildman–Crippen LogP) is 3.46. The minimum Gasteiger partial charge on any atom is -0.506 e. The molecule has 140 valence electrons. The van der Waals surface area contributed by atoms with Crippen LogP contribution in [-0.2, 0) is 11.3 Å². The van der Waals surface area contributed by atoms with Crippen LogP contribution in [0, 0.1) is 0 Å². The van der Waals surface area contributed by atoms with Gasteiger partial charge >= 0.3 is 5.97 Å². The summed E-state index contributed by atoms with van der Waals surface area (Å²) in [4.78, 5) is 23.2. The molecule has 0 saturated carbocycles. The monoisotopic (exact) mass is 453 g/mol. The van der Waals surface area contributed by atoms with Crippen LogP contribution in [0.25, 0.3) is 22.3 Å². The fraction of sp³-hybridized carbons (Fsp3) is 0.111. The van der Waals surface area contributed by atoms with Crippen molar-refractivity contribution in [2.75, 3.05) is 6.54 Å². The summed E-state index contributed by atoms with van der Waals surface area (Å²) in [6.07, 6.45) is 0. The number of carboxylic acid groups (broad SMARTS) is 1. The third kappa shape index (κ3) is 3.92. The number of rotatable bonds is 5. The van der Waals surface area contributed by atoms with Gasteiger partial charge in [-0.2, -0.15) is 0 Å². The summed E-state index contributed by atoms with van der Waals surface area (Å²) in [5, 5.41) is 31.4. The quantitative estimate of drug-likeness (QED) is 0.466. The predicted molar refractivity (Wildman–Crippen MR) is 103 cm³/mol. The number of aromatic hydroxyl groups is 2. The molecule has 0 unspecified atom stereocenters. The second kappa shape index (κ2) is 7.59. The molecule has 3 rings (SSSR count). The Hall–Kier alpha value is -2.55. The van der Waals surface area contributed by atoms with E-state index < -0.39 is 17.1 Å². The molecule has 0 aliphatic rings. The summed E-state index contributed by atoms with van der Waals surface area (Å²) in [6.45, 7) is -0.00751. The Morgan fingerprint density at radius 1 is 1.22 bits per heavy atom. The molecular weight excluding hydrogens is 442 g/mol. The zero-order valence-electron chi connectivity index (χ0n) is 13.6. The van der Waals surface area contributed by atoms with Crippen LogP contribution < -0.4 is 10.7 Å². The van der Waals surface area contributed by atoms with Crippen molar-refractivity contribution in [3.63, 3.8) is 0 Å². The van der Waals surface area contributed by atoms with Crippen LogP contribution in [-0.4, -0.2) is 27.8 Å². The first-order valence-electron chi connectivity index (χ1n) is 7.67. The lowest BCUT2D eigenvalue weighted by Crippen LogP contribution is -2.22. The summed E-state index contributed by atoms with van der Waals surface area (Å²) in [5.41, 5.74) is 0.548. The van der Waals surface area contributed by atoms with Gasteiger partial charge in [0.05, 0.1) is 21.4 Å². The van der Waals surface area contributed by atoms with Gasteiger partial charge in [0.2, 0.25) is 11.2 Å². The molecular formula is C18H13BrClNO6. The van der Waals surface area contributed by atoms with E-state index in [9.17, 15) is 19.8 Å². The topological polar surface area (TPSA) is 120 Å². The van der Waals surface area contributed by atoms with Crippen LogP contribution >= 0.6 is 27.5 Å². The van der Waals surface area contributed by atoms with Crippen LogP contribution in [0.3, 0.4) is 0 Å². The highest BCUT2D eigenvalue weighted by Crippen LogP contribution is 2.36. The highest BCUT2D eigenvalue weighted by molar-refractivity contribution is 9.10. The van der Waals surface area contributed by atoms with Crippen molar-refractivity contribution in [2.45, 2.75) is 6.54 Å². The van der Waals surface area contributed by atoms with Crippen molar-refractivity contribution < 1.29 is 24.5 Å². The minimum absolute atomic E-state index is 0.0496. The number of aliphatic carboxylic acids is 1. The number of hydrogen-bond donors (Lipinski definition) is 4. The molecule has 0 spiro atoms. The third-order valence-corrected chi connectivity index (χ3v) is 4.69. The molecule has 3 aromatic rings. The van der Waals surface area contributed by atoms with E-state index in [4.69, 9.17) is 21.1 Å². The van der Waals surface area contributed by atoms with Gasteiger partial charge in [-0.3, -0.25) is 9.59 Å². The number of halogens is 2. The average molecular weight is 455 g/mol. The Morgan fingerprint density at radius 3 is 2.63 bits per heavy atom. The van der Waals surface area contributed by atoms with Crippen molar-refractivity contribution in [3.05, 3.63) is 55.6 Å². The molecule has 0 amide bonds. The SMILES string of the molecule is O=C(O)CNCc1cc(Br)c2oc(-c3ccc(O)c(Cl)c3)c(O)c(=O)c2c1. The lowest BCUT2D eigenvalue weighted by Gasteiger charge is -2.10. The molecule has 7 nitrogen and oxygen atoms in total. The van der Waals surface area contributed by atoms with Crippen molar-refractivity contribution in [2.24, 2.45) is 0 Å². The Kier molecular flexibility index (Phi) is 5.41. The van der Waals surface area contributed by atoms with Gasteiger partial charge in [0.1, 0.15) is 5.75 Å². The first-order valence-corrected chi connectivity index (χ1v) is 8.84. The lowest BCUT2D eigenvalue weighted by molar-refractivity contribution is -0.135. The first-order chi connectivity index (χ1) is 12.8. The Labute approximate surface area is 165 Å². The molecule has 0 radical (unpaired) electrons. The molecule has 27 heavy (non-hydrogen) atoms. The van der Waals surface area contributed by atoms with Crippen molar-refractivity contribution in [3.8, 4) is 22.8 Å². The van der Waals surface area contributed by atoms with Gasteiger partial charge in [-0.1, -0.05) is 11.6 Å².